The molecule has 4 heteroatoms. The van der Waals surface area contributed by atoms with Gasteiger partial charge < -0.3 is 10.6 Å². The van der Waals surface area contributed by atoms with Crippen LogP contribution in [0.15, 0.2) is 18.2 Å². The molecule has 0 aliphatic rings. The molecule has 15 heavy (non-hydrogen) atoms. The minimum Gasteiger partial charge on any atom is -0.384 e. The number of nitrogens with one attached hydrogen (secondary N) is 2. The van der Waals surface area contributed by atoms with Crippen molar-refractivity contribution in [1.82, 2.24) is 5.32 Å². The van der Waals surface area contributed by atoms with Gasteiger partial charge in [-0.2, -0.15) is 0 Å². The first-order valence-electron chi connectivity index (χ1n) is 4.84. The highest BCUT2D eigenvalue weighted by Gasteiger charge is 1.99. The second-order valence-corrected chi connectivity index (χ2v) is 3.72. The summed E-state index contributed by atoms with van der Waals surface area (Å²) in [5.41, 5.74) is 1.99. The molecule has 1 aromatic rings. The Labute approximate surface area is 94.8 Å². The SMILES string of the molecule is CNC(=O)CCNc1ccc(C)c(Cl)c1. The van der Waals surface area contributed by atoms with Gasteiger partial charge in [0.25, 0.3) is 0 Å². The molecular formula is C11H15ClN2O. The van der Waals surface area contributed by atoms with Crippen LogP contribution in [0.1, 0.15) is 12.0 Å². The summed E-state index contributed by atoms with van der Waals surface area (Å²) in [6.45, 7) is 2.57. The average molecular weight is 227 g/mol. The molecule has 0 radical (unpaired) electrons. The molecule has 82 valence electrons. The van der Waals surface area contributed by atoms with E-state index in [2.05, 4.69) is 10.6 Å². The van der Waals surface area contributed by atoms with Gasteiger partial charge in [0.05, 0.1) is 0 Å². The van der Waals surface area contributed by atoms with Crippen molar-refractivity contribution in [2.75, 3.05) is 18.9 Å². The Morgan fingerprint density at radius 1 is 1.47 bits per heavy atom. The molecule has 1 amide bonds. The molecule has 0 spiro atoms. The Morgan fingerprint density at radius 3 is 2.80 bits per heavy atom. The average Bonchev–Trinajstić information content (AvgIpc) is 2.23. The third-order valence-corrected chi connectivity index (χ3v) is 2.54. The third-order valence-electron chi connectivity index (χ3n) is 2.13. The lowest BCUT2D eigenvalue weighted by atomic mass is 10.2. The molecule has 0 fully saturated rings. The molecule has 0 atom stereocenters. The number of aryl methyl sites for hydroxylation is 1. The van der Waals surface area contributed by atoms with Gasteiger partial charge in [0, 0.05) is 30.7 Å². The van der Waals surface area contributed by atoms with E-state index in [0.717, 1.165) is 16.3 Å². The highest BCUT2D eigenvalue weighted by molar-refractivity contribution is 6.31. The zero-order valence-corrected chi connectivity index (χ0v) is 9.69. The Balaban J connectivity index is 2.44. The van der Waals surface area contributed by atoms with Gasteiger partial charge in [-0.05, 0) is 24.6 Å². The minimum absolute atomic E-state index is 0.0284. The largest absolute Gasteiger partial charge is 0.384 e. The maximum absolute atomic E-state index is 10.9. The lowest BCUT2D eigenvalue weighted by Gasteiger charge is -2.07. The van der Waals surface area contributed by atoms with E-state index in [4.69, 9.17) is 11.6 Å². The molecule has 2 N–H and O–H groups in total. The van der Waals surface area contributed by atoms with Crippen LogP contribution in [-0.4, -0.2) is 19.5 Å². The van der Waals surface area contributed by atoms with E-state index >= 15 is 0 Å². The van der Waals surface area contributed by atoms with Crippen molar-refractivity contribution >= 4 is 23.2 Å². The van der Waals surface area contributed by atoms with Gasteiger partial charge in [-0.3, -0.25) is 4.79 Å². The van der Waals surface area contributed by atoms with E-state index in [-0.39, 0.29) is 5.91 Å². The highest BCUT2D eigenvalue weighted by Crippen LogP contribution is 2.19. The molecule has 0 saturated carbocycles. The molecule has 3 nitrogen and oxygen atoms in total. The molecule has 0 aromatic heterocycles. The maximum atomic E-state index is 10.9. The molecule has 0 unspecified atom stereocenters. The Morgan fingerprint density at radius 2 is 2.20 bits per heavy atom. The van der Waals surface area contributed by atoms with Crippen molar-refractivity contribution in [2.24, 2.45) is 0 Å². The zero-order valence-electron chi connectivity index (χ0n) is 8.93. The number of carbonyl (C=O) groups is 1. The van der Waals surface area contributed by atoms with Crippen molar-refractivity contribution in [2.45, 2.75) is 13.3 Å². The lowest BCUT2D eigenvalue weighted by molar-refractivity contribution is -0.120. The van der Waals surface area contributed by atoms with Crippen LogP contribution in [0.5, 0.6) is 0 Å². The second-order valence-electron chi connectivity index (χ2n) is 3.31. The first-order valence-corrected chi connectivity index (χ1v) is 5.22. The second kappa shape index (κ2) is 5.61. The summed E-state index contributed by atoms with van der Waals surface area (Å²) in [4.78, 5) is 10.9. The standard InChI is InChI=1S/C11H15ClN2O/c1-8-3-4-9(7-10(8)12)14-6-5-11(15)13-2/h3-4,7,14H,5-6H2,1-2H3,(H,13,15). The third kappa shape index (κ3) is 3.80. The van der Waals surface area contributed by atoms with E-state index in [1.54, 1.807) is 7.05 Å². The van der Waals surface area contributed by atoms with Gasteiger partial charge in [0.1, 0.15) is 0 Å². The fourth-order valence-electron chi connectivity index (χ4n) is 1.15. The van der Waals surface area contributed by atoms with E-state index in [1.165, 1.54) is 0 Å². The van der Waals surface area contributed by atoms with Crippen molar-refractivity contribution in [1.29, 1.82) is 0 Å². The summed E-state index contributed by atoms with van der Waals surface area (Å²) in [6, 6.07) is 5.76. The summed E-state index contributed by atoms with van der Waals surface area (Å²) in [7, 11) is 1.63. The molecule has 0 saturated heterocycles. The fraction of sp³-hybridized carbons (Fsp3) is 0.364. The number of halogens is 1. The van der Waals surface area contributed by atoms with Gasteiger partial charge in [-0.25, -0.2) is 0 Å². The predicted octanol–water partition coefficient (Wildman–Crippen LogP) is 2.20. The minimum atomic E-state index is 0.0284. The summed E-state index contributed by atoms with van der Waals surface area (Å²) in [5, 5.41) is 6.44. The molecule has 0 aliphatic heterocycles. The normalized spacial score (nSPS) is 9.80. The van der Waals surface area contributed by atoms with Crippen LogP contribution in [0.2, 0.25) is 5.02 Å². The Kier molecular flexibility index (Phi) is 4.43. The van der Waals surface area contributed by atoms with Gasteiger partial charge in [0.2, 0.25) is 5.91 Å². The maximum Gasteiger partial charge on any atom is 0.221 e. The quantitative estimate of drug-likeness (QED) is 0.827. The summed E-state index contributed by atoms with van der Waals surface area (Å²) >= 11 is 5.96. The van der Waals surface area contributed by atoms with Gasteiger partial charge in [-0.15, -0.1) is 0 Å². The van der Waals surface area contributed by atoms with E-state index in [9.17, 15) is 4.79 Å². The molecule has 1 aromatic carbocycles. The van der Waals surface area contributed by atoms with Crippen LogP contribution in [0.25, 0.3) is 0 Å². The predicted molar refractivity (Wildman–Crippen MR) is 63.4 cm³/mol. The van der Waals surface area contributed by atoms with Crippen LogP contribution in [-0.2, 0) is 4.79 Å². The van der Waals surface area contributed by atoms with Crippen molar-refractivity contribution in [3.8, 4) is 0 Å². The summed E-state index contributed by atoms with van der Waals surface area (Å²) in [5.74, 6) is 0.0284. The van der Waals surface area contributed by atoms with Crippen molar-refractivity contribution in [3.63, 3.8) is 0 Å². The molecule has 1 rings (SSSR count). The Bertz CT molecular complexity index is 352. The van der Waals surface area contributed by atoms with E-state index < -0.39 is 0 Å². The smallest absolute Gasteiger partial charge is 0.221 e. The first kappa shape index (κ1) is 11.9. The fourth-order valence-corrected chi connectivity index (χ4v) is 1.33. The van der Waals surface area contributed by atoms with Crippen LogP contribution in [0.4, 0.5) is 5.69 Å². The molecular weight excluding hydrogens is 212 g/mol. The topological polar surface area (TPSA) is 41.1 Å². The van der Waals surface area contributed by atoms with Crippen LogP contribution >= 0.6 is 11.6 Å². The summed E-state index contributed by atoms with van der Waals surface area (Å²) in [6.07, 6.45) is 0.460. The van der Waals surface area contributed by atoms with Crippen molar-refractivity contribution in [3.05, 3.63) is 28.8 Å². The van der Waals surface area contributed by atoms with Crippen LogP contribution in [0.3, 0.4) is 0 Å². The van der Waals surface area contributed by atoms with Gasteiger partial charge in [-0.1, -0.05) is 17.7 Å². The lowest BCUT2D eigenvalue weighted by Crippen LogP contribution is -2.20. The van der Waals surface area contributed by atoms with Crippen LogP contribution < -0.4 is 10.6 Å². The molecule has 0 heterocycles. The highest BCUT2D eigenvalue weighted by atomic mass is 35.5. The number of carbonyl (C=O) groups excluding carboxylic acids is 1. The summed E-state index contributed by atoms with van der Waals surface area (Å²) < 4.78 is 0. The molecule has 0 bridgehead atoms. The van der Waals surface area contributed by atoms with E-state index in [0.29, 0.717) is 13.0 Å². The van der Waals surface area contributed by atoms with Crippen LogP contribution in [0, 0.1) is 6.92 Å². The number of rotatable bonds is 4. The number of amides is 1. The number of benzene rings is 1. The molecule has 0 aliphatic carbocycles. The monoisotopic (exact) mass is 226 g/mol. The number of anilines is 1. The van der Waals surface area contributed by atoms with E-state index in [1.807, 2.05) is 25.1 Å². The van der Waals surface area contributed by atoms with Crippen molar-refractivity contribution < 1.29 is 4.79 Å². The Hall–Kier alpha value is -1.22. The number of hydrogen-bond donors (Lipinski definition) is 2. The first-order chi connectivity index (χ1) is 7.13. The van der Waals surface area contributed by atoms with Gasteiger partial charge >= 0.3 is 0 Å². The van der Waals surface area contributed by atoms with Gasteiger partial charge in [0.15, 0.2) is 0 Å². The number of hydrogen-bond acceptors (Lipinski definition) is 2. The zero-order chi connectivity index (χ0) is 11.3.